The van der Waals surface area contributed by atoms with Gasteiger partial charge in [0.1, 0.15) is 11.5 Å². The monoisotopic (exact) mass is 268 g/mol. The molecule has 0 saturated heterocycles. The molecule has 3 rings (SSSR count). The van der Waals surface area contributed by atoms with Crippen LogP contribution in [-0.2, 0) is 11.2 Å². The number of phenols is 1. The van der Waals surface area contributed by atoms with Crippen molar-refractivity contribution >= 4 is 11.8 Å². The van der Waals surface area contributed by atoms with Gasteiger partial charge in [-0.3, -0.25) is 9.59 Å². The molecular weight excluding hydrogens is 256 g/mol. The molecule has 4 nitrogen and oxygen atoms in total. The summed E-state index contributed by atoms with van der Waals surface area (Å²) < 4.78 is 5.10. The average Bonchev–Trinajstić information content (AvgIpc) is 2.38. The van der Waals surface area contributed by atoms with E-state index in [4.69, 9.17) is 4.74 Å². The predicted molar refractivity (Wildman–Crippen MR) is 72.1 cm³/mol. The maximum atomic E-state index is 12.6. The van der Waals surface area contributed by atoms with Crippen molar-refractivity contribution in [2.45, 2.75) is 13.3 Å². The molecule has 2 aromatic carbocycles. The van der Waals surface area contributed by atoms with E-state index in [1.807, 2.05) is 12.1 Å². The Bertz CT molecular complexity index is 731. The van der Waals surface area contributed by atoms with Crippen LogP contribution in [0.15, 0.2) is 36.4 Å². The number of carbonyl (C=O) groups is 2. The fourth-order valence-electron chi connectivity index (χ4n) is 2.55. The molecule has 0 radical (unpaired) electrons. The van der Waals surface area contributed by atoms with Gasteiger partial charge < -0.3 is 9.84 Å². The zero-order valence-corrected chi connectivity index (χ0v) is 10.8. The number of esters is 1. The van der Waals surface area contributed by atoms with Gasteiger partial charge in [-0.25, -0.2) is 0 Å². The number of fused-ring (bicyclic) bond motifs is 2. The zero-order chi connectivity index (χ0) is 14.3. The van der Waals surface area contributed by atoms with Gasteiger partial charge in [0, 0.05) is 6.92 Å². The molecule has 0 saturated carbocycles. The van der Waals surface area contributed by atoms with Crippen LogP contribution in [0.5, 0.6) is 11.5 Å². The van der Waals surface area contributed by atoms with Gasteiger partial charge in [0.15, 0.2) is 0 Å². The van der Waals surface area contributed by atoms with Crippen molar-refractivity contribution in [1.82, 2.24) is 0 Å². The maximum Gasteiger partial charge on any atom is 0.308 e. The van der Waals surface area contributed by atoms with E-state index in [0.717, 1.165) is 11.1 Å². The van der Waals surface area contributed by atoms with Crippen LogP contribution in [0.4, 0.5) is 0 Å². The van der Waals surface area contributed by atoms with E-state index in [1.165, 1.54) is 13.0 Å². The zero-order valence-electron chi connectivity index (χ0n) is 10.8. The molecule has 0 atom stereocenters. The lowest BCUT2D eigenvalue weighted by molar-refractivity contribution is -0.131. The Morgan fingerprint density at radius 1 is 1.10 bits per heavy atom. The van der Waals surface area contributed by atoms with E-state index in [1.54, 1.807) is 18.2 Å². The van der Waals surface area contributed by atoms with Gasteiger partial charge in [0.05, 0.1) is 11.1 Å². The quantitative estimate of drug-likeness (QED) is 0.544. The molecular formula is C16H12O4. The normalized spacial score (nSPS) is 12.6. The molecule has 1 aliphatic rings. The number of benzene rings is 2. The molecule has 0 amide bonds. The minimum absolute atomic E-state index is 0.0456. The number of ketones is 1. The lowest BCUT2D eigenvalue weighted by Crippen LogP contribution is -2.17. The second-order valence-corrected chi connectivity index (χ2v) is 4.70. The highest BCUT2D eigenvalue weighted by atomic mass is 16.5. The molecule has 2 aromatic rings. The van der Waals surface area contributed by atoms with Crippen LogP contribution in [0.2, 0.25) is 0 Å². The van der Waals surface area contributed by atoms with Gasteiger partial charge in [0.25, 0.3) is 0 Å². The Kier molecular flexibility index (Phi) is 2.79. The van der Waals surface area contributed by atoms with Gasteiger partial charge in [-0.15, -0.1) is 0 Å². The van der Waals surface area contributed by atoms with E-state index in [9.17, 15) is 14.7 Å². The molecule has 4 heteroatoms. The van der Waals surface area contributed by atoms with Gasteiger partial charge >= 0.3 is 5.97 Å². The highest BCUT2D eigenvalue weighted by Crippen LogP contribution is 2.36. The summed E-state index contributed by atoms with van der Waals surface area (Å²) in [7, 11) is 0. The molecule has 0 bridgehead atoms. The van der Waals surface area contributed by atoms with E-state index < -0.39 is 5.97 Å². The first-order valence-corrected chi connectivity index (χ1v) is 6.24. The number of aromatic hydroxyl groups is 1. The number of carbonyl (C=O) groups excluding carboxylic acids is 2. The molecule has 0 aliphatic heterocycles. The van der Waals surface area contributed by atoms with Gasteiger partial charge in [-0.1, -0.05) is 24.3 Å². The number of phenolic OH excluding ortho intramolecular Hbond substituents is 1. The molecule has 1 aliphatic carbocycles. The van der Waals surface area contributed by atoms with Crippen LogP contribution >= 0.6 is 0 Å². The standard InChI is InChI=1S/C16H12O4/c1-9(17)20-13-7-3-5-11-8-10-4-2-6-12(18)14(10)16(19)15(11)13/h2-7,18H,8H2,1H3. The van der Waals surface area contributed by atoms with Gasteiger partial charge in [-0.05, 0) is 29.7 Å². The topological polar surface area (TPSA) is 63.6 Å². The summed E-state index contributed by atoms with van der Waals surface area (Å²) in [6.07, 6.45) is 0.528. The SMILES string of the molecule is CC(=O)Oc1cccc2c1C(=O)c1c(O)cccc1C2. The van der Waals surface area contributed by atoms with E-state index in [-0.39, 0.29) is 17.3 Å². The second-order valence-electron chi connectivity index (χ2n) is 4.70. The van der Waals surface area contributed by atoms with E-state index in [2.05, 4.69) is 0 Å². The van der Waals surface area contributed by atoms with Crippen molar-refractivity contribution < 1.29 is 19.4 Å². The Labute approximate surface area is 115 Å². The lowest BCUT2D eigenvalue weighted by Gasteiger charge is -2.21. The smallest absolute Gasteiger partial charge is 0.308 e. The fraction of sp³-hybridized carbons (Fsp3) is 0.125. The first kappa shape index (κ1) is 12.4. The summed E-state index contributed by atoms with van der Waals surface area (Å²) in [5.74, 6) is -0.588. The van der Waals surface area contributed by atoms with Crippen molar-refractivity contribution in [2.24, 2.45) is 0 Å². The van der Waals surface area contributed by atoms with E-state index >= 15 is 0 Å². The van der Waals surface area contributed by atoms with Crippen LogP contribution in [-0.4, -0.2) is 16.9 Å². The van der Waals surface area contributed by atoms with Gasteiger partial charge in [0.2, 0.25) is 5.78 Å². The summed E-state index contributed by atoms with van der Waals surface area (Å²) in [6.45, 7) is 1.29. The van der Waals surface area contributed by atoms with Crippen LogP contribution in [0, 0.1) is 0 Å². The average molecular weight is 268 g/mol. The summed E-state index contributed by atoms with van der Waals surface area (Å²) in [4.78, 5) is 23.7. The molecule has 1 N–H and O–H groups in total. The third kappa shape index (κ3) is 1.86. The summed E-state index contributed by atoms with van der Waals surface area (Å²) in [6, 6.07) is 10.2. The van der Waals surface area contributed by atoms with E-state index in [0.29, 0.717) is 17.5 Å². The van der Waals surface area contributed by atoms with Crippen LogP contribution < -0.4 is 4.74 Å². The number of ether oxygens (including phenoxy) is 1. The molecule has 0 unspecified atom stereocenters. The van der Waals surface area contributed by atoms with Crippen LogP contribution in [0.3, 0.4) is 0 Å². The highest BCUT2D eigenvalue weighted by molar-refractivity contribution is 6.15. The minimum Gasteiger partial charge on any atom is -0.507 e. The first-order chi connectivity index (χ1) is 9.58. The summed E-state index contributed by atoms with van der Waals surface area (Å²) in [5, 5.41) is 9.90. The molecule has 0 spiro atoms. The third-order valence-electron chi connectivity index (χ3n) is 3.33. The van der Waals surface area contributed by atoms with Crippen molar-refractivity contribution in [3.05, 3.63) is 58.7 Å². The number of hydrogen-bond donors (Lipinski definition) is 1. The highest BCUT2D eigenvalue weighted by Gasteiger charge is 2.29. The molecule has 0 fully saturated rings. The van der Waals surface area contributed by atoms with Gasteiger partial charge in [-0.2, -0.15) is 0 Å². The molecule has 0 aromatic heterocycles. The number of hydrogen-bond acceptors (Lipinski definition) is 4. The third-order valence-corrected chi connectivity index (χ3v) is 3.33. The fourth-order valence-corrected chi connectivity index (χ4v) is 2.55. The Balaban J connectivity index is 2.19. The molecule has 0 heterocycles. The Morgan fingerprint density at radius 3 is 2.45 bits per heavy atom. The molecule has 100 valence electrons. The van der Waals surface area contributed by atoms with Crippen molar-refractivity contribution in [1.29, 1.82) is 0 Å². The van der Waals surface area contributed by atoms with Crippen LogP contribution in [0.25, 0.3) is 0 Å². The Hall–Kier alpha value is -2.62. The predicted octanol–water partition coefficient (Wildman–Crippen LogP) is 2.45. The largest absolute Gasteiger partial charge is 0.507 e. The lowest BCUT2D eigenvalue weighted by atomic mass is 9.84. The maximum absolute atomic E-state index is 12.6. The Morgan fingerprint density at radius 2 is 1.75 bits per heavy atom. The molecule has 20 heavy (non-hydrogen) atoms. The van der Waals surface area contributed by atoms with Crippen molar-refractivity contribution in [3.8, 4) is 11.5 Å². The summed E-state index contributed by atoms with van der Waals surface area (Å²) >= 11 is 0. The van der Waals surface area contributed by atoms with Crippen molar-refractivity contribution in [3.63, 3.8) is 0 Å². The number of rotatable bonds is 1. The minimum atomic E-state index is -0.478. The first-order valence-electron chi connectivity index (χ1n) is 6.24. The van der Waals surface area contributed by atoms with Crippen molar-refractivity contribution in [2.75, 3.05) is 0 Å². The second kappa shape index (κ2) is 4.49. The summed E-state index contributed by atoms with van der Waals surface area (Å²) in [5.41, 5.74) is 2.23. The van der Waals surface area contributed by atoms with Crippen LogP contribution in [0.1, 0.15) is 34.0 Å².